The first-order valence-corrected chi connectivity index (χ1v) is 10.3. The van der Waals surface area contributed by atoms with Gasteiger partial charge < -0.3 is 15.7 Å². The van der Waals surface area contributed by atoms with Crippen molar-refractivity contribution in [2.45, 2.75) is 58.2 Å². The number of hydrogen-bond acceptors (Lipinski definition) is 5. The molecule has 0 bridgehead atoms. The number of nitrogens with zero attached hydrogens (tertiary/aromatic N) is 3. The van der Waals surface area contributed by atoms with E-state index in [4.69, 9.17) is 0 Å². The number of anilines is 1. The number of benzene rings is 1. The predicted molar refractivity (Wildman–Crippen MR) is 113 cm³/mol. The molecule has 2 aromatic heterocycles. The van der Waals surface area contributed by atoms with Gasteiger partial charge in [0.15, 0.2) is 5.65 Å². The number of aromatic hydroxyl groups is 1. The molecule has 0 spiro atoms. The summed E-state index contributed by atoms with van der Waals surface area (Å²) in [7, 11) is 0. The van der Waals surface area contributed by atoms with Crippen LogP contribution in [-0.4, -0.2) is 31.8 Å². The van der Waals surface area contributed by atoms with E-state index >= 15 is 0 Å². The van der Waals surface area contributed by atoms with Crippen LogP contribution in [0, 0.1) is 0 Å². The highest BCUT2D eigenvalue weighted by atomic mass is 16.3. The minimum absolute atomic E-state index is 0.171. The van der Waals surface area contributed by atoms with Gasteiger partial charge in [0.05, 0.1) is 22.8 Å². The van der Waals surface area contributed by atoms with Crippen LogP contribution in [0.15, 0.2) is 36.7 Å². The Morgan fingerprint density at radius 1 is 1.17 bits per heavy atom. The Balaban J connectivity index is 1.61. The van der Waals surface area contributed by atoms with E-state index in [9.17, 15) is 9.90 Å². The smallest absolute Gasteiger partial charge is 0.255 e. The average molecular weight is 393 g/mol. The molecule has 3 aromatic rings. The summed E-state index contributed by atoms with van der Waals surface area (Å²) in [6.07, 6.45) is 9.37. The van der Waals surface area contributed by atoms with Gasteiger partial charge in [-0.1, -0.05) is 31.4 Å². The topological polar surface area (TPSA) is 92.1 Å². The van der Waals surface area contributed by atoms with Crippen molar-refractivity contribution in [2.75, 3.05) is 5.32 Å². The highest BCUT2D eigenvalue weighted by Gasteiger charge is 2.21. The lowest BCUT2D eigenvalue weighted by Gasteiger charge is -2.25. The molecule has 3 N–H and O–H groups in total. The van der Waals surface area contributed by atoms with E-state index in [0.29, 0.717) is 18.2 Å². The fourth-order valence-corrected chi connectivity index (χ4v) is 3.93. The molecule has 152 valence electrons. The highest BCUT2D eigenvalue weighted by molar-refractivity contribution is 6.06. The molecule has 2 heterocycles. The van der Waals surface area contributed by atoms with Gasteiger partial charge in [-0.25, -0.2) is 9.67 Å². The molecule has 1 aliphatic carbocycles. The van der Waals surface area contributed by atoms with E-state index in [2.05, 4.69) is 20.7 Å². The highest BCUT2D eigenvalue weighted by Crippen LogP contribution is 2.30. The maximum Gasteiger partial charge on any atom is 0.255 e. The molecule has 0 unspecified atom stereocenters. The van der Waals surface area contributed by atoms with Gasteiger partial charge >= 0.3 is 0 Å². The van der Waals surface area contributed by atoms with Crippen molar-refractivity contribution in [2.24, 2.45) is 0 Å². The third-order valence-electron chi connectivity index (χ3n) is 5.55. The quantitative estimate of drug-likeness (QED) is 0.592. The van der Waals surface area contributed by atoms with Crippen molar-refractivity contribution < 1.29 is 9.90 Å². The molecule has 1 fully saturated rings. The third kappa shape index (κ3) is 4.18. The van der Waals surface area contributed by atoms with Crippen LogP contribution in [0.4, 0.5) is 5.69 Å². The molecule has 0 atom stereocenters. The van der Waals surface area contributed by atoms with Crippen LogP contribution in [0.5, 0.6) is 5.75 Å². The Kier molecular flexibility index (Phi) is 5.64. The SMILES string of the molecule is CCn1ncc2c(NC3CCCCC3)c(C(=O)NCc3ccc(O)cc3)cnc21. The van der Waals surface area contributed by atoms with E-state index in [1.807, 2.05) is 11.6 Å². The molecule has 7 nitrogen and oxygen atoms in total. The van der Waals surface area contributed by atoms with Crippen LogP contribution in [0.25, 0.3) is 11.0 Å². The van der Waals surface area contributed by atoms with E-state index in [1.54, 1.807) is 36.7 Å². The summed E-state index contributed by atoms with van der Waals surface area (Å²) >= 11 is 0. The van der Waals surface area contributed by atoms with Gasteiger partial charge in [0.2, 0.25) is 0 Å². The second kappa shape index (κ2) is 8.51. The number of phenolic OH excluding ortho intramolecular Hbond substituents is 1. The summed E-state index contributed by atoms with van der Waals surface area (Å²) in [5.41, 5.74) is 3.08. The summed E-state index contributed by atoms with van der Waals surface area (Å²) in [6.45, 7) is 3.14. The fraction of sp³-hybridized carbons (Fsp3) is 0.409. The largest absolute Gasteiger partial charge is 0.508 e. The molecule has 0 aliphatic heterocycles. The lowest BCUT2D eigenvalue weighted by atomic mass is 9.95. The Morgan fingerprint density at radius 3 is 2.66 bits per heavy atom. The molecular weight excluding hydrogens is 366 g/mol. The van der Waals surface area contributed by atoms with Crippen LogP contribution in [0.3, 0.4) is 0 Å². The molecule has 7 heteroatoms. The van der Waals surface area contributed by atoms with Gasteiger partial charge in [0.25, 0.3) is 5.91 Å². The first kappa shape index (κ1) is 19.2. The van der Waals surface area contributed by atoms with E-state index < -0.39 is 0 Å². The molecule has 1 amide bonds. The van der Waals surface area contributed by atoms with Crippen molar-refractivity contribution in [1.29, 1.82) is 0 Å². The number of amides is 1. The number of carbonyl (C=O) groups excluding carboxylic acids is 1. The fourth-order valence-electron chi connectivity index (χ4n) is 3.93. The average Bonchev–Trinajstić information content (AvgIpc) is 3.18. The lowest BCUT2D eigenvalue weighted by molar-refractivity contribution is 0.0951. The van der Waals surface area contributed by atoms with Gasteiger partial charge in [-0.3, -0.25) is 4.79 Å². The number of nitrogens with one attached hydrogen (secondary N) is 2. The summed E-state index contributed by atoms with van der Waals surface area (Å²) in [5, 5.41) is 21.3. The first-order chi connectivity index (χ1) is 14.2. The van der Waals surface area contributed by atoms with Crippen LogP contribution >= 0.6 is 0 Å². The van der Waals surface area contributed by atoms with Gasteiger partial charge in [-0.15, -0.1) is 0 Å². The van der Waals surface area contributed by atoms with Crippen molar-refractivity contribution in [3.05, 3.63) is 47.8 Å². The number of aromatic nitrogens is 3. The number of phenols is 1. The Bertz CT molecular complexity index is 990. The summed E-state index contributed by atoms with van der Waals surface area (Å²) in [6, 6.07) is 7.18. The van der Waals surface area contributed by atoms with Crippen molar-refractivity contribution in [3.63, 3.8) is 0 Å². The van der Waals surface area contributed by atoms with Gasteiger partial charge in [0.1, 0.15) is 5.75 Å². The van der Waals surface area contributed by atoms with E-state index in [-0.39, 0.29) is 11.7 Å². The second-order valence-corrected chi connectivity index (χ2v) is 7.57. The number of pyridine rings is 1. The molecule has 1 saturated carbocycles. The second-order valence-electron chi connectivity index (χ2n) is 7.57. The van der Waals surface area contributed by atoms with Gasteiger partial charge in [0, 0.05) is 25.3 Å². The minimum Gasteiger partial charge on any atom is -0.508 e. The standard InChI is InChI=1S/C22H27N5O2/c1-2-27-21-18(14-25-27)20(26-16-6-4-3-5-7-16)19(13-23-21)22(29)24-12-15-8-10-17(28)11-9-15/h8-11,13-14,16,28H,2-7,12H2,1H3,(H,23,26)(H,24,29). The van der Waals surface area contributed by atoms with Crippen LogP contribution in [0.1, 0.15) is 54.9 Å². The monoisotopic (exact) mass is 393 g/mol. The number of rotatable bonds is 6. The van der Waals surface area contributed by atoms with E-state index in [0.717, 1.165) is 41.7 Å². The minimum atomic E-state index is -0.171. The van der Waals surface area contributed by atoms with Crippen molar-refractivity contribution in [1.82, 2.24) is 20.1 Å². The van der Waals surface area contributed by atoms with Crippen LogP contribution in [0.2, 0.25) is 0 Å². The maximum atomic E-state index is 13.0. The van der Waals surface area contributed by atoms with Crippen molar-refractivity contribution >= 4 is 22.6 Å². The normalized spacial score (nSPS) is 14.8. The Morgan fingerprint density at radius 2 is 1.93 bits per heavy atom. The molecule has 4 rings (SSSR count). The molecule has 0 saturated heterocycles. The summed E-state index contributed by atoms with van der Waals surface area (Å²) < 4.78 is 1.85. The number of hydrogen-bond donors (Lipinski definition) is 3. The zero-order chi connectivity index (χ0) is 20.2. The third-order valence-corrected chi connectivity index (χ3v) is 5.55. The van der Waals surface area contributed by atoms with Gasteiger partial charge in [-0.2, -0.15) is 5.10 Å². The molecular formula is C22H27N5O2. The zero-order valence-electron chi connectivity index (χ0n) is 16.7. The zero-order valence-corrected chi connectivity index (χ0v) is 16.7. The Labute approximate surface area is 170 Å². The molecule has 1 aliphatic rings. The predicted octanol–water partition coefficient (Wildman–Crippen LogP) is 3.83. The number of carbonyl (C=O) groups is 1. The number of aryl methyl sites for hydroxylation is 1. The first-order valence-electron chi connectivity index (χ1n) is 10.3. The van der Waals surface area contributed by atoms with Crippen LogP contribution in [-0.2, 0) is 13.1 Å². The maximum absolute atomic E-state index is 13.0. The summed E-state index contributed by atoms with van der Waals surface area (Å²) in [5.74, 6) is 0.0386. The van der Waals surface area contributed by atoms with Crippen molar-refractivity contribution in [3.8, 4) is 5.75 Å². The molecule has 1 aromatic carbocycles. The molecule has 0 radical (unpaired) electrons. The number of fused-ring (bicyclic) bond motifs is 1. The van der Waals surface area contributed by atoms with Crippen LogP contribution < -0.4 is 10.6 Å². The van der Waals surface area contributed by atoms with Gasteiger partial charge in [-0.05, 0) is 37.5 Å². The Hall–Kier alpha value is -3.09. The van der Waals surface area contributed by atoms with E-state index in [1.165, 1.54) is 19.3 Å². The lowest BCUT2D eigenvalue weighted by Crippen LogP contribution is -2.27. The molecule has 29 heavy (non-hydrogen) atoms. The summed E-state index contributed by atoms with van der Waals surface area (Å²) in [4.78, 5) is 17.5.